The first-order valence-electron chi connectivity index (χ1n) is 6.89. The van der Waals surface area contributed by atoms with E-state index in [1.807, 2.05) is 25.3 Å². The van der Waals surface area contributed by atoms with Crippen molar-refractivity contribution >= 4 is 21.8 Å². The molecule has 2 N–H and O–H groups in total. The van der Waals surface area contributed by atoms with Crippen LogP contribution in [0.3, 0.4) is 0 Å². The molecule has 2 unspecified atom stereocenters. The van der Waals surface area contributed by atoms with Gasteiger partial charge in [-0.3, -0.25) is 0 Å². The van der Waals surface area contributed by atoms with Crippen LogP contribution in [0.15, 0.2) is 34.1 Å². The number of nitrogens with zero attached hydrogens (tertiary/aromatic N) is 1. The summed E-state index contributed by atoms with van der Waals surface area (Å²) in [6, 6.07) is 6.94. The van der Waals surface area contributed by atoms with E-state index in [0.717, 1.165) is 24.2 Å². The summed E-state index contributed by atoms with van der Waals surface area (Å²) in [7, 11) is -3.47. The lowest BCUT2D eigenvalue weighted by molar-refractivity contribution is 0.227. The molecule has 1 fully saturated rings. The Morgan fingerprint density at radius 3 is 2.70 bits per heavy atom. The predicted octanol–water partition coefficient (Wildman–Crippen LogP) is 2.30. The van der Waals surface area contributed by atoms with Gasteiger partial charge < -0.3 is 5.73 Å². The van der Waals surface area contributed by atoms with Crippen LogP contribution in [0.5, 0.6) is 0 Å². The second-order valence-electron chi connectivity index (χ2n) is 5.19. The second-order valence-corrected chi connectivity index (χ2v) is 7.90. The van der Waals surface area contributed by atoms with Gasteiger partial charge in [0.25, 0.3) is 0 Å². The summed E-state index contributed by atoms with van der Waals surface area (Å²) in [5, 5.41) is 0. The monoisotopic (exact) mass is 314 g/mol. The maximum Gasteiger partial charge on any atom is 0.244 e. The summed E-state index contributed by atoms with van der Waals surface area (Å²) in [5.41, 5.74) is 5.99. The highest BCUT2D eigenvalue weighted by atomic mass is 32.2. The van der Waals surface area contributed by atoms with E-state index >= 15 is 0 Å². The van der Waals surface area contributed by atoms with E-state index in [1.165, 1.54) is 11.8 Å². The fourth-order valence-electron chi connectivity index (χ4n) is 2.71. The van der Waals surface area contributed by atoms with Crippen LogP contribution < -0.4 is 5.73 Å². The maximum absolute atomic E-state index is 12.9. The first-order chi connectivity index (χ1) is 9.48. The molecule has 1 aromatic carbocycles. The molecular weight excluding hydrogens is 292 g/mol. The quantitative estimate of drug-likeness (QED) is 0.866. The molecule has 0 aliphatic carbocycles. The summed E-state index contributed by atoms with van der Waals surface area (Å²) in [6.45, 7) is 2.45. The molecule has 2 rings (SSSR count). The summed E-state index contributed by atoms with van der Waals surface area (Å²) >= 11 is 1.46. The highest BCUT2D eigenvalue weighted by Crippen LogP contribution is 2.31. The number of piperidine rings is 1. The summed E-state index contributed by atoms with van der Waals surface area (Å²) in [4.78, 5) is 1.20. The van der Waals surface area contributed by atoms with Crippen molar-refractivity contribution in [2.45, 2.75) is 48.1 Å². The topological polar surface area (TPSA) is 63.4 Å². The van der Waals surface area contributed by atoms with Gasteiger partial charge >= 0.3 is 0 Å². The third kappa shape index (κ3) is 3.03. The Balaban J connectivity index is 2.42. The van der Waals surface area contributed by atoms with Crippen LogP contribution >= 0.6 is 11.8 Å². The molecule has 0 bridgehead atoms. The Labute approximate surface area is 125 Å². The molecule has 4 nitrogen and oxygen atoms in total. The molecule has 20 heavy (non-hydrogen) atoms. The van der Waals surface area contributed by atoms with Crippen molar-refractivity contribution in [3.8, 4) is 0 Å². The number of hydrogen-bond donors (Lipinski definition) is 1. The van der Waals surface area contributed by atoms with Crippen molar-refractivity contribution in [3.05, 3.63) is 24.3 Å². The molecule has 1 aliphatic rings. The van der Waals surface area contributed by atoms with Crippen molar-refractivity contribution < 1.29 is 8.42 Å². The lowest BCUT2D eigenvalue weighted by Crippen LogP contribution is -2.51. The number of rotatable bonds is 4. The van der Waals surface area contributed by atoms with Gasteiger partial charge in [-0.25, -0.2) is 8.42 Å². The van der Waals surface area contributed by atoms with Crippen LogP contribution in [0.4, 0.5) is 0 Å². The van der Waals surface area contributed by atoms with Crippen LogP contribution in [0.25, 0.3) is 0 Å². The van der Waals surface area contributed by atoms with Crippen molar-refractivity contribution in [1.29, 1.82) is 0 Å². The molecule has 2 atom stereocenters. The molecule has 1 saturated heterocycles. The van der Waals surface area contributed by atoms with Crippen LogP contribution in [0.1, 0.15) is 26.2 Å². The average molecular weight is 314 g/mol. The molecule has 1 heterocycles. The van der Waals surface area contributed by atoms with E-state index in [-0.39, 0.29) is 12.1 Å². The van der Waals surface area contributed by atoms with E-state index in [1.54, 1.807) is 16.4 Å². The number of benzene rings is 1. The molecule has 0 amide bonds. The maximum atomic E-state index is 12.9. The summed E-state index contributed by atoms with van der Waals surface area (Å²) in [5.74, 6) is 0. The van der Waals surface area contributed by atoms with Gasteiger partial charge in [-0.15, -0.1) is 11.8 Å². The Morgan fingerprint density at radius 2 is 2.05 bits per heavy atom. The normalized spacial score (nSPS) is 22.6. The minimum absolute atomic E-state index is 0.0938. The molecule has 112 valence electrons. The van der Waals surface area contributed by atoms with Crippen LogP contribution in [-0.4, -0.2) is 37.6 Å². The average Bonchev–Trinajstić information content (AvgIpc) is 2.47. The number of nitrogens with two attached hydrogens (primary N) is 1. The van der Waals surface area contributed by atoms with E-state index < -0.39 is 10.0 Å². The molecule has 6 heteroatoms. The first kappa shape index (κ1) is 15.8. The highest BCUT2D eigenvalue weighted by Gasteiger charge is 2.36. The number of hydrogen-bond acceptors (Lipinski definition) is 4. The van der Waals surface area contributed by atoms with Crippen molar-refractivity contribution in [2.75, 3.05) is 12.8 Å². The highest BCUT2D eigenvalue weighted by molar-refractivity contribution is 7.99. The minimum atomic E-state index is -3.47. The van der Waals surface area contributed by atoms with Gasteiger partial charge in [0.15, 0.2) is 0 Å². The molecular formula is C14H22N2O2S2. The van der Waals surface area contributed by atoms with Crippen molar-refractivity contribution in [2.24, 2.45) is 5.73 Å². The van der Waals surface area contributed by atoms with Gasteiger partial charge in [-0.1, -0.05) is 18.6 Å². The van der Waals surface area contributed by atoms with Gasteiger partial charge in [0.2, 0.25) is 10.0 Å². The van der Waals surface area contributed by atoms with Gasteiger partial charge in [0.1, 0.15) is 0 Å². The summed E-state index contributed by atoms with van der Waals surface area (Å²) in [6.07, 6.45) is 4.69. The first-order valence-corrected chi connectivity index (χ1v) is 9.55. The third-order valence-corrected chi connectivity index (χ3v) is 6.67. The fourth-order valence-corrected chi connectivity index (χ4v) is 5.61. The van der Waals surface area contributed by atoms with E-state index in [2.05, 4.69) is 0 Å². The fraction of sp³-hybridized carbons (Fsp3) is 0.571. The second kappa shape index (κ2) is 6.47. The molecule has 0 radical (unpaired) electrons. The third-order valence-electron chi connectivity index (χ3n) is 3.76. The zero-order valence-corrected chi connectivity index (χ0v) is 13.6. The zero-order valence-electron chi connectivity index (χ0n) is 12.0. The largest absolute Gasteiger partial charge is 0.326 e. The number of sulfonamides is 1. The van der Waals surface area contributed by atoms with E-state index in [9.17, 15) is 8.42 Å². The molecule has 1 aliphatic heterocycles. The van der Waals surface area contributed by atoms with Gasteiger partial charge in [0.05, 0.1) is 4.90 Å². The van der Waals surface area contributed by atoms with Crippen LogP contribution in [0, 0.1) is 0 Å². The molecule has 0 spiro atoms. The molecule has 0 saturated carbocycles. The van der Waals surface area contributed by atoms with E-state index in [0.29, 0.717) is 11.4 Å². The standard InChI is InChI=1S/C14H22N2O2S2/c1-11(15)12-7-5-6-10-16(12)20(17,18)14-9-4-3-8-13(14)19-2/h3-4,8-9,11-12H,5-7,10,15H2,1-2H3. The van der Waals surface area contributed by atoms with E-state index in [4.69, 9.17) is 5.73 Å². The van der Waals surface area contributed by atoms with Gasteiger partial charge in [0, 0.05) is 23.5 Å². The van der Waals surface area contributed by atoms with Crippen LogP contribution in [0.2, 0.25) is 0 Å². The molecule has 1 aromatic rings. The Kier molecular flexibility index (Phi) is 5.12. The van der Waals surface area contributed by atoms with Crippen molar-refractivity contribution in [1.82, 2.24) is 4.31 Å². The summed E-state index contributed by atoms with van der Waals surface area (Å²) < 4.78 is 27.5. The SMILES string of the molecule is CSc1ccccc1S(=O)(=O)N1CCCCC1C(C)N. The predicted molar refractivity (Wildman–Crippen MR) is 83.4 cm³/mol. The zero-order chi connectivity index (χ0) is 14.8. The lowest BCUT2D eigenvalue weighted by atomic mass is 10.00. The Bertz CT molecular complexity index is 558. The Morgan fingerprint density at radius 1 is 1.35 bits per heavy atom. The smallest absolute Gasteiger partial charge is 0.244 e. The molecule has 0 aromatic heterocycles. The number of thioether (sulfide) groups is 1. The minimum Gasteiger partial charge on any atom is -0.326 e. The lowest BCUT2D eigenvalue weighted by Gasteiger charge is -2.37. The van der Waals surface area contributed by atoms with Gasteiger partial charge in [-0.05, 0) is 38.2 Å². The Hall–Kier alpha value is -0.560. The van der Waals surface area contributed by atoms with Crippen LogP contribution in [-0.2, 0) is 10.0 Å². The van der Waals surface area contributed by atoms with Gasteiger partial charge in [-0.2, -0.15) is 4.31 Å². The van der Waals surface area contributed by atoms with Crippen molar-refractivity contribution in [3.63, 3.8) is 0 Å².